The second kappa shape index (κ2) is 3.17. The van der Waals surface area contributed by atoms with E-state index in [9.17, 15) is 9.90 Å². The van der Waals surface area contributed by atoms with Crippen LogP contribution in [0.25, 0.3) is 0 Å². The first-order chi connectivity index (χ1) is 8.56. The minimum Gasteiger partial charge on any atom is -0.481 e. The van der Waals surface area contributed by atoms with E-state index in [1.807, 2.05) is 0 Å². The lowest BCUT2D eigenvalue weighted by Gasteiger charge is -2.71. The number of rotatable bonds is 2. The van der Waals surface area contributed by atoms with Gasteiger partial charge in [0.1, 0.15) is 0 Å². The van der Waals surface area contributed by atoms with E-state index in [1.54, 1.807) is 0 Å². The van der Waals surface area contributed by atoms with Crippen LogP contribution in [0.5, 0.6) is 0 Å². The van der Waals surface area contributed by atoms with Gasteiger partial charge in [-0.25, -0.2) is 0 Å². The van der Waals surface area contributed by atoms with Gasteiger partial charge in [-0.2, -0.15) is 0 Å². The predicted octanol–water partition coefficient (Wildman–Crippen LogP) is -0.132. The van der Waals surface area contributed by atoms with Gasteiger partial charge in [0.15, 0.2) is 5.11 Å². The quantitative estimate of drug-likeness (QED) is 0.680. The smallest absolute Gasteiger partial charge is 0.309 e. The van der Waals surface area contributed by atoms with Crippen LogP contribution in [0.1, 0.15) is 19.3 Å². The second-order valence-electron chi connectivity index (χ2n) is 6.28. The topological polar surface area (TPSA) is 55.8 Å². The molecule has 0 aromatic rings. The zero-order chi connectivity index (χ0) is 12.5. The summed E-state index contributed by atoms with van der Waals surface area (Å²) in [4.78, 5) is 15.8. The fourth-order valence-corrected chi connectivity index (χ4v) is 4.77. The van der Waals surface area contributed by atoms with Gasteiger partial charge < -0.3 is 20.2 Å². The van der Waals surface area contributed by atoms with Crippen LogP contribution in [0.3, 0.4) is 0 Å². The molecule has 2 aliphatic heterocycles. The molecule has 0 aromatic heterocycles. The number of nitrogens with one attached hydrogen (secondary N) is 1. The Morgan fingerprint density at radius 1 is 1.44 bits per heavy atom. The zero-order valence-electron chi connectivity index (χ0n) is 10.2. The highest BCUT2D eigenvalue weighted by molar-refractivity contribution is 7.80. The van der Waals surface area contributed by atoms with Crippen LogP contribution in [0, 0.1) is 5.41 Å². The Labute approximate surface area is 111 Å². The maximum absolute atomic E-state index is 11.2. The third kappa shape index (κ3) is 1.11. The Morgan fingerprint density at radius 2 is 2.17 bits per heavy atom. The number of carbonyl (C=O) groups is 1. The van der Waals surface area contributed by atoms with E-state index >= 15 is 0 Å². The number of thiocarbonyl (C=S) groups is 1. The van der Waals surface area contributed by atoms with Crippen LogP contribution in [0.4, 0.5) is 0 Å². The molecular formula is C12H17N3O2S. The Morgan fingerprint density at radius 3 is 2.78 bits per heavy atom. The average molecular weight is 267 g/mol. The van der Waals surface area contributed by atoms with E-state index in [0.717, 1.165) is 50.6 Å². The highest BCUT2D eigenvalue weighted by Gasteiger charge is 2.75. The van der Waals surface area contributed by atoms with Crippen molar-refractivity contribution in [3.05, 3.63) is 0 Å². The van der Waals surface area contributed by atoms with Crippen LogP contribution in [-0.2, 0) is 4.79 Å². The normalized spacial score (nSPS) is 45.3. The molecule has 0 amide bonds. The highest BCUT2D eigenvalue weighted by atomic mass is 32.1. The van der Waals surface area contributed by atoms with Crippen molar-refractivity contribution in [2.45, 2.75) is 30.8 Å². The predicted molar refractivity (Wildman–Crippen MR) is 69.3 cm³/mol. The summed E-state index contributed by atoms with van der Waals surface area (Å²) in [6, 6.07) is 0.487. The summed E-state index contributed by atoms with van der Waals surface area (Å²) in [6.07, 6.45) is 2.39. The Bertz CT molecular complexity index is 433. The fraction of sp³-hybridized carbons (Fsp3) is 0.833. The fourth-order valence-electron chi connectivity index (χ4n) is 4.26. The number of nitrogens with zero attached hydrogens (tertiary/aromatic N) is 2. The van der Waals surface area contributed by atoms with Crippen molar-refractivity contribution in [3.63, 3.8) is 0 Å². The number of piperazine rings is 1. The van der Waals surface area contributed by atoms with E-state index in [4.69, 9.17) is 12.2 Å². The van der Waals surface area contributed by atoms with Gasteiger partial charge in [0, 0.05) is 31.7 Å². The van der Waals surface area contributed by atoms with E-state index in [2.05, 4.69) is 15.1 Å². The van der Waals surface area contributed by atoms with Gasteiger partial charge in [0.25, 0.3) is 0 Å². The molecule has 1 atom stereocenters. The number of fused-ring (bicyclic) bond motifs is 1. The summed E-state index contributed by atoms with van der Waals surface area (Å²) in [6.45, 7) is 3.95. The molecule has 98 valence electrons. The first-order valence-electron chi connectivity index (χ1n) is 6.59. The number of hydrogen-bond acceptors (Lipinski definition) is 3. The van der Waals surface area contributed by atoms with Gasteiger partial charge in [0.2, 0.25) is 0 Å². The van der Waals surface area contributed by atoms with Crippen molar-refractivity contribution >= 4 is 23.3 Å². The lowest BCUT2D eigenvalue weighted by Crippen LogP contribution is -2.77. The van der Waals surface area contributed by atoms with Crippen LogP contribution in [0.15, 0.2) is 0 Å². The van der Waals surface area contributed by atoms with Gasteiger partial charge >= 0.3 is 5.97 Å². The maximum atomic E-state index is 11.2. The molecule has 2 saturated heterocycles. The summed E-state index contributed by atoms with van der Waals surface area (Å²) in [5.74, 6) is -0.617. The third-order valence-electron chi connectivity index (χ3n) is 5.25. The molecule has 0 radical (unpaired) electrons. The van der Waals surface area contributed by atoms with Crippen LogP contribution >= 0.6 is 12.2 Å². The Kier molecular flexibility index (Phi) is 1.93. The van der Waals surface area contributed by atoms with Gasteiger partial charge in [-0.05, 0) is 31.5 Å². The van der Waals surface area contributed by atoms with Crippen molar-refractivity contribution < 1.29 is 9.90 Å². The number of hydrogen-bond donors (Lipinski definition) is 2. The van der Waals surface area contributed by atoms with Crippen LogP contribution in [-0.4, -0.2) is 63.7 Å². The van der Waals surface area contributed by atoms with Crippen LogP contribution in [0.2, 0.25) is 0 Å². The molecule has 5 rings (SSSR count). The first kappa shape index (κ1) is 11.0. The zero-order valence-corrected chi connectivity index (χ0v) is 11.0. The molecule has 0 unspecified atom stereocenters. The number of carboxylic acids is 1. The van der Waals surface area contributed by atoms with Gasteiger partial charge in [-0.3, -0.25) is 4.79 Å². The summed E-state index contributed by atoms with van der Waals surface area (Å²) in [7, 11) is 0. The van der Waals surface area contributed by atoms with Gasteiger partial charge in [0.05, 0.1) is 11.5 Å². The van der Waals surface area contributed by atoms with Gasteiger partial charge in [-0.1, -0.05) is 0 Å². The minimum absolute atomic E-state index is 0.0901. The van der Waals surface area contributed by atoms with E-state index in [1.165, 1.54) is 0 Å². The molecule has 3 saturated carbocycles. The summed E-state index contributed by atoms with van der Waals surface area (Å²) in [5, 5.41) is 13.5. The standard InChI is InChI=1S/C12H17N3O2S/c16-9(17)11-5-12(6-11,7-11)15-4-8-3-13-1-2-14(8)10(15)18/h8,13H,1-7H2,(H,16,17)/t8-,11?,12?/m0/s1. The Balaban J connectivity index is 1.52. The van der Waals surface area contributed by atoms with Gasteiger partial charge in [-0.15, -0.1) is 0 Å². The average Bonchev–Trinajstić information content (AvgIpc) is 2.53. The van der Waals surface area contributed by atoms with Crippen molar-refractivity contribution in [1.29, 1.82) is 0 Å². The van der Waals surface area contributed by atoms with E-state index < -0.39 is 11.4 Å². The largest absolute Gasteiger partial charge is 0.481 e. The molecule has 3 aliphatic carbocycles. The van der Waals surface area contributed by atoms with Crippen LogP contribution < -0.4 is 5.32 Å². The SMILES string of the molecule is O=C(O)C12CC(N3C[C@@H]4CNCCN4C3=S)(C1)C2. The summed E-state index contributed by atoms with van der Waals surface area (Å²) < 4.78 is 0. The summed E-state index contributed by atoms with van der Waals surface area (Å²) >= 11 is 5.59. The highest BCUT2D eigenvalue weighted by Crippen LogP contribution is 2.70. The monoisotopic (exact) mass is 267 g/mol. The molecule has 0 aromatic carbocycles. The number of carboxylic acid groups (broad SMARTS) is 1. The van der Waals surface area contributed by atoms with Crippen molar-refractivity contribution in [3.8, 4) is 0 Å². The van der Waals surface area contributed by atoms with E-state index in [-0.39, 0.29) is 5.54 Å². The molecule has 2 N–H and O–H groups in total. The molecule has 2 heterocycles. The lowest BCUT2D eigenvalue weighted by atomic mass is 9.39. The molecule has 5 nitrogen and oxygen atoms in total. The molecule has 2 bridgehead atoms. The number of aliphatic carboxylic acids is 1. The van der Waals surface area contributed by atoms with Crippen molar-refractivity contribution in [1.82, 2.24) is 15.1 Å². The lowest BCUT2D eigenvalue weighted by molar-refractivity contribution is -0.217. The third-order valence-corrected chi connectivity index (χ3v) is 5.70. The Hall–Kier alpha value is -0.880. The second-order valence-corrected chi connectivity index (χ2v) is 6.65. The molecule has 5 fully saturated rings. The molecular weight excluding hydrogens is 250 g/mol. The van der Waals surface area contributed by atoms with Crippen molar-refractivity contribution in [2.75, 3.05) is 26.2 Å². The van der Waals surface area contributed by atoms with Crippen molar-refractivity contribution in [2.24, 2.45) is 5.41 Å². The molecule has 5 aliphatic rings. The van der Waals surface area contributed by atoms with E-state index in [0.29, 0.717) is 6.04 Å². The minimum atomic E-state index is -0.617. The molecule has 6 heteroatoms. The molecule has 18 heavy (non-hydrogen) atoms. The summed E-state index contributed by atoms with van der Waals surface area (Å²) in [5.41, 5.74) is -0.316. The first-order valence-corrected chi connectivity index (χ1v) is 7.00. The maximum Gasteiger partial charge on any atom is 0.309 e. The molecule has 0 spiro atoms.